The van der Waals surface area contributed by atoms with E-state index >= 15 is 0 Å². The predicted octanol–water partition coefficient (Wildman–Crippen LogP) is 4.29. The molecule has 0 fully saturated rings. The molecule has 9 heteroatoms. The van der Waals surface area contributed by atoms with E-state index in [1.807, 2.05) is 37.3 Å². The molecule has 0 spiro atoms. The lowest BCUT2D eigenvalue weighted by atomic mass is 9.96. The summed E-state index contributed by atoms with van der Waals surface area (Å²) in [5.41, 5.74) is 3.92. The number of nitrogens with zero attached hydrogens (tertiary/aromatic N) is 5. The molecule has 1 aromatic carbocycles. The van der Waals surface area contributed by atoms with E-state index in [4.69, 9.17) is 5.10 Å². The third-order valence-electron chi connectivity index (χ3n) is 5.21. The smallest absolute Gasteiger partial charge is 0.255 e. The Morgan fingerprint density at radius 2 is 1.85 bits per heavy atom. The number of carbonyl (C=O) groups excluding carboxylic acids is 1. The fourth-order valence-corrected chi connectivity index (χ4v) is 4.47. The summed E-state index contributed by atoms with van der Waals surface area (Å²) in [5.74, 6) is 1.11. The van der Waals surface area contributed by atoms with Gasteiger partial charge in [-0.3, -0.25) is 14.8 Å². The third kappa shape index (κ3) is 4.49. The van der Waals surface area contributed by atoms with Gasteiger partial charge in [0.25, 0.3) is 5.91 Å². The molecule has 33 heavy (non-hydrogen) atoms. The third-order valence-corrected chi connectivity index (χ3v) is 6.12. The molecule has 0 aliphatic carbocycles. The molecule has 2 N–H and O–H groups in total. The number of carbonyl (C=O) groups is 1. The van der Waals surface area contributed by atoms with E-state index in [1.165, 1.54) is 5.56 Å². The fraction of sp³-hybridized carbons (Fsp3) is 0.125. The van der Waals surface area contributed by atoms with Crippen molar-refractivity contribution in [1.29, 1.82) is 0 Å². The lowest BCUT2D eigenvalue weighted by Crippen LogP contribution is -2.31. The van der Waals surface area contributed by atoms with Crippen LogP contribution in [0.4, 0.5) is 11.6 Å². The van der Waals surface area contributed by atoms with Crippen LogP contribution in [0.15, 0.2) is 95.8 Å². The minimum atomic E-state index is -0.467. The Hall–Kier alpha value is -3.98. The number of allylic oxidation sites excluding steroid dienone is 1. The summed E-state index contributed by atoms with van der Waals surface area (Å²) in [6, 6.07) is 17.1. The number of thioether (sulfide) groups is 1. The van der Waals surface area contributed by atoms with E-state index in [0.717, 1.165) is 11.3 Å². The molecule has 5 rings (SSSR count). The Bertz CT molecular complexity index is 1290. The molecule has 0 bridgehead atoms. The average Bonchev–Trinajstić information content (AvgIpc) is 3.26. The van der Waals surface area contributed by atoms with Gasteiger partial charge in [0.2, 0.25) is 11.1 Å². The van der Waals surface area contributed by atoms with Crippen LogP contribution in [0, 0.1) is 0 Å². The zero-order valence-corrected chi connectivity index (χ0v) is 18.7. The van der Waals surface area contributed by atoms with Gasteiger partial charge in [-0.25, -0.2) is 4.68 Å². The molecule has 1 amide bonds. The highest BCUT2D eigenvalue weighted by Gasteiger charge is 2.34. The van der Waals surface area contributed by atoms with Crippen molar-refractivity contribution in [2.24, 2.45) is 0 Å². The van der Waals surface area contributed by atoms with Gasteiger partial charge in [-0.2, -0.15) is 4.98 Å². The van der Waals surface area contributed by atoms with Crippen LogP contribution in [0.25, 0.3) is 0 Å². The minimum absolute atomic E-state index is 0.235. The van der Waals surface area contributed by atoms with Gasteiger partial charge in [-0.15, -0.1) is 5.10 Å². The Morgan fingerprint density at radius 1 is 1.06 bits per heavy atom. The maximum atomic E-state index is 13.4. The van der Waals surface area contributed by atoms with Crippen LogP contribution >= 0.6 is 11.8 Å². The fourth-order valence-electron chi connectivity index (χ4n) is 3.69. The number of anilines is 2. The van der Waals surface area contributed by atoms with E-state index < -0.39 is 6.04 Å². The molecule has 1 atom stereocenters. The molecule has 8 nitrogen and oxygen atoms in total. The predicted molar refractivity (Wildman–Crippen MR) is 128 cm³/mol. The highest BCUT2D eigenvalue weighted by atomic mass is 32.2. The van der Waals surface area contributed by atoms with E-state index in [-0.39, 0.29) is 5.91 Å². The van der Waals surface area contributed by atoms with Crippen LogP contribution < -0.4 is 10.6 Å². The molecule has 0 saturated heterocycles. The molecule has 1 aliphatic rings. The zero-order valence-electron chi connectivity index (χ0n) is 17.8. The van der Waals surface area contributed by atoms with Crippen molar-refractivity contribution in [3.8, 4) is 0 Å². The lowest BCUT2D eigenvalue weighted by molar-refractivity contribution is -0.113. The van der Waals surface area contributed by atoms with Crippen molar-refractivity contribution in [1.82, 2.24) is 24.7 Å². The van der Waals surface area contributed by atoms with Gasteiger partial charge >= 0.3 is 0 Å². The summed E-state index contributed by atoms with van der Waals surface area (Å²) in [6.45, 7) is 1.87. The first kappa shape index (κ1) is 20.9. The zero-order chi connectivity index (χ0) is 22.6. The van der Waals surface area contributed by atoms with Gasteiger partial charge in [-0.05, 0) is 36.2 Å². The molecule has 1 aliphatic heterocycles. The van der Waals surface area contributed by atoms with Crippen molar-refractivity contribution in [3.05, 3.63) is 102 Å². The maximum Gasteiger partial charge on any atom is 0.255 e. The van der Waals surface area contributed by atoms with Crippen molar-refractivity contribution < 1.29 is 4.79 Å². The van der Waals surface area contributed by atoms with Crippen molar-refractivity contribution in [2.45, 2.75) is 23.9 Å². The normalized spacial score (nSPS) is 15.0. The number of nitrogens with one attached hydrogen (secondary N) is 2. The highest BCUT2D eigenvalue weighted by molar-refractivity contribution is 7.98. The summed E-state index contributed by atoms with van der Waals surface area (Å²) < 4.78 is 1.76. The number of amides is 1. The second-order valence-corrected chi connectivity index (χ2v) is 8.43. The molecule has 0 radical (unpaired) electrons. The van der Waals surface area contributed by atoms with E-state index in [0.29, 0.717) is 28.1 Å². The number of aromatic nitrogens is 5. The molecule has 3 aromatic heterocycles. The average molecular weight is 456 g/mol. The van der Waals surface area contributed by atoms with E-state index in [1.54, 1.807) is 53.4 Å². The quantitative estimate of drug-likeness (QED) is 0.419. The van der Waals surface area contributed by atoms with Crippen molar-refractivity contribution in [3.63, 3.8) is 0 Å². The topological polar surface area (TPSA) is 97.6 Å². The van der Waals surface area contributed by atoms with Gasteiger partial charge in [0.15, 0.2) is 0 Å². The van der Waals surface area contributed by atoms with Crippen molar-refractivity contribution >= 4 is 29.3 Å². The van der Waals surface area contributed by atoms with Gasteiger partial charge in [0.05, 0.1) is 17.5 Å². The molecular weight excluding hydrogens is 434 g/mol. The van der Waals surface area contributed by atoms with Gasteiger partial charge in [0, 0.05) is 30.0 Å². The highest BCUT2D eigenvalue weighted by Crippen LogP contribution is 2.36. The van der Waals surface area contributed by atoms with E-state index in [9.17, 15) is 4.79 Å². The maximum absolute atomic E-state index is 13.4. The number of pyridine rings is 2. The standard InChI is InChI=1S/C24H21N7OS/c1-16-20(22(32)28-19-10-6-12-26-14-19)21(18-9-5-11-25-13-18)31-23(27-16)29-24(30-31)33-15-17-7-3-2-4-8-17/h2-14,21H,15H2,1H3,(H,28,32)(H,27,29,30)/t21-/m0/s1. The van der Waals surface area contributed by atoms with Crippen LogP contribution in [-0.4, -0.2) is 30.6 Å². The first-order chi connectivity index (χ1) is 16.2. The monoisotopic (exact) mass is 455 g/mol. The molecule has 0 saturated carbocycles. The Morgan fingerprint density at radius 3 is 2.58 bits per heavy atom. The van der Waals surface area contributed by atoms with Crippen molar-refractivity contribution in [2.75, 3.05) is 10.6 Å². The number of hydrogen-bond acceptors (Lipinski definition) is 7. The SMILES string of the molecule is CC1=C(C(=O)Nc2cccnc2)[C@H](c2cccnc2)n2nc(SCc3ccccc3)nc2N1. The molecule has 4 heterocycles. The summed E-state index contributed by atoms with van der Waals surface area (Å²) in [5, 5.41) is 11.6. The minimum Gasteiger partial charge on any atom is -0.328 e. The lowest BCUT2D eigenvalue weighted by Gasteiger charge is -2.28. The van der Waals surface area contributed by atoms with Crippen LogP contribution in [0.5, 0.6) is 0 Å². The molecule has 0 unspecified atom stereocenters. The molecule has 164 valence electrons. The van der Waals surface area contributed by atoms with Crippen LogP contribution in [0.3, 0.4) is 0 Å². The van der Waals surface area contributed by atoms with Gasteiger partial charge in [-0.1, -0.05) is 48.2 Å². The Labute approximate surface area is 195 Å². The van der Waals surface area contributed by atoms with Gasteiger partial charge < -0.3 is 10.6 Å². The summed E-state index contributed by atoms with van der Waals surface area (Å²) in [6.07, 6.45) is 6.74. The number of hydrogen-bond donors (Lipinski definition) is 2. The Kier molecular flexibility index (Phi) is 5.86. The molecular formula is C24H21N7OS. The summed E-state index contributed by atoms with van der Waals surface area (Å²) in [4.78, 5) is 26.4. The van der Waals surface area contributed by atoms with Crippen LogP contribution in [0.2, 0.25) is 0 Å². The molecule has 4 aromatic rings. The number of fused-ring (bicyclic) bond motifs is 1. The first-order valence-electron chi connectivity index (χ1n) is 10.4. The second-order valence-electron chi connectivity index (χ2n) is 7.49. The second kappa shape index (κ2) is 9.25. The van der Waals surface area contributed by atoms with E-state index in [2.05, 4.69) is 37.7 Å². The number of rotatable bonds is 6. The van der Waals surface area contributed by atoms with Gasteiger partial charge in [0.1, 0.15) is 6.04 Å². The number of benzene rings is 1. The first-order valence-corrected chi connectivity index (χ1v) is 11.4. The van der Waals surface area contributed by atoms with Crippen LogP contribution in [-0.2, 0) is 10.5 Å². The largest absolute Gasteiger partial charge is 0.328 e. The summed E-state index contributed by atoms with van der Waals surface area (Å²) >= 11 is 1.55. The summed E-state index contributed by atoms with van der Waals surface area (Å²) in [7, 11) is 0. The Balaban J connectivity index is 1.48. The van der Waals surface area contributed by atoms with Crippen LogP contribution in [0.1, 0.15) is 24.1 Å².